The summed E-state index contributed by atoms with van der Waals surface area (Å²) < 4.78 is 0. The molecule has 2 heterocycles. The molecule has 2 aliphatic heterocycles. The molecule has 136 valence electrons. The second-order valence-electron chi connectivity index (χ2n) is 7.51. The van der Waals surface area contributed by atoms with Crippen LogP contribution in [-0.2, 0) is 4.79 Å². The zero-order valence-electron chi connectivity index (χ0n) is 14.6. The molecule has 0 spiro atoms. The molecule has 0 radical (unpaired) electrons. The molecule has 3 atom stereocenters. The van der Waals surface area contributed by atoms with Gasteiger partial charge in [0.05, 0.1) is 6.04 Å². The van der Waals surface area contributed by atoms with Crippen LogP contribution in [0.5, 0.6) is 0 Å². The lowest BCUT2D eigenvalue weighted by molar-refractivity contribution is -0.123. The van der Waals surface area contributed by atoms with E-state index in [9.17, 15) is 9.59 Å². The number of halogens is 1. The van der Waals surface area contributed by atoms with Gasteiger partial charge in [-0.05, 0) is 56.8 Å². The van der Waals surface area contributed by atoms with Crippen molar-refractivity contribution in [1.29, 1.82) is 0 Å². The number of benzene rings is 1. The summed E-state index contributed by atoms with van der Waals surface area (Å²) >= 11 is 6.02. The van der Waals surface area contributed by atoms with E-state index < -0.39 is 6.04 Å². The normalized spacial score (nSPS) is 26.4. The third-order valence-electron chi connectivity index (χ3n) is 4.98. The van der Waals surface area contributed by atoms with E-state index in [1.165, 1.54) is 0 Å². The van der Waals surface area contributed by atoms with Gasteiger partial charge in [0.2, 0.25) is 5.91 Å². The van der Waals surface area contributed by atoms with Crippen molar-refractivity contribution in [3.63, 3.8) is 0 Å². The molecule has 3 amide bonds. The number of urea groups is 1. The Hall–Kier alpha value is -1.79. The maximum absolute atomic E-state index is 12.6. The molecule has 0 bridgehead atoms. The second-order valence-corrected chi connectivity index (χ2v) is 7.94. The number of hydrogen-bond acceptors (Lipinski definition) is 3. The molecule has 3 rings (SSSR count). The first-order chi connectivity index (χ1) is 11.8. The van der Waals surface area contributed by atoms with E-state index in [2.05, 4.69) is 35.1 Å². The highest BCUT2D eigenvalue weighted by Gasteiger charge is 2.36. The van der Waals surface area contributed by atoms with Crippen molar-refractivity contribution in [2.45, 2.75) is 44.3 Å². The van der Waals surface area contributed by atoms with Crippen LogP contribution in [-0.4, -0.2) is 36.6 Å². The summed E-state index contributed by atoms with van der Waals surface area (Å²) in [4.78, 5) is 24.0. The monoisotopic (exact) mass is 364 g/mol. The predicted octanol–water partition coefficient (Wildman–Crippen LogP) is 1.96. The molecule has 7 heteroatoms. The van der Waals surface area contributed by atoms with Gasteiger partial charge in [-0.1, -0.05) is 23.7 Å². The first kappa shape index (κ1) is 18.0. The van der Waals surface area contributed by atoms with Crippen molar-refractivity contribution in [2.75, 3.05) is 13.1 Å². The Labute approximate surface area is 153 Å². The molecule has 0 saturated carbocycles. The van der Waals surface area contributed by atoms with Crippen molar-refractivity contribution in [1.82, 2.24) is 21.3 Å². The first-order valence-electron chi connectivity index (χ1n) is 8.69. The summed E-state index contributed by atoms with van der Waals surface area (Å²) in [5, 5.41) is 12.6. The number of hydrogen-bond donors (Lipinski definition) is 4. The van der Waals surface area contributed by atoms with Crippen molar-refractivity contribution in [3.05, 3.63) is 34.9 Å². The van der Waals surface area contributed by atoms with Crippen LogP contribution in [0.4, 0.5) is 4.79 Å². The van der Waals surface area contributed by atoms with E-state index in [4.69, 9.17) is 11.6 Å². The molecule has 1 aromatic rings. The van der Waals surface area contributed by atoms with Gasteiger partial charge in [0.1, 0.15) is 6.04 Å². The minimum atomic E-state index is -0.531. The molecule has 2 fully saturated rings. The van der Waals surface area contributed by atoms with Crippen molar-refractivity contribution >= 4 is 23.5 Å². The summed E-state index contributed by atoms with van der Waals surface area (Å²) in [5.41, 5.74) is 1.07. The fraction of sp³-hybridized carbons (Fsp3) is 0.556. The van der Waals surface area contributed by atoms with Gasteiger partial charge < -0.3 is 21.3 Å². The zero-order valence-corrected chi connectivity index (χ0v) is 15.3. The minimum absolute atomic E-state index is 0.0292. The topological polar surface area (TPSA) is 82.3 Å². The van der Waals surface area contributed by atoms with E-state index in [0.29, 0.717) is 17.5 Å². The standard InChI is InChI=1S/C18H25ClN4O2/c1-18(2)9-12(7-8-21-18)15(11-3-5-13(19)6-4-11)23-16(24)14-10-20-17(25)22-14/h3-6,12,14-15,21H,7-10H2,1-2H3,(H,23,24)(H2,20,22,25). The van der Waals surface area contributed by atoms with Crippen LogP contribution in [0.25, 0.3) is 0 Å². The lowest BCUT2D eigenvalue weighted by Gasteiger charge is -2.40. The Morgan fingerprint density at radius 1 is 1.32 bits per heavy atom. The second kappa shape index (κ2) is 7.22. The number of rotatable bonds is 4. The Morgan fingerprint density at radius 2 is 2.04 bits per heavy atom. The molecular weight excluding hydrogens is 340 g/mol. The molecule has 4 N–H and O–H groups in total. The average Bonchev–Trinajstić information content (AvgIpc) is 2.99. The molecule has 3 unspecified atom stereocenters. The van der Waals surface area contributed by atoms with E-state index in [1.54, 1.807) is 0 Å². The average molecular weight is 365 g/mol. The van der Waals surface area contributed by atoms with E-state index >= 15 is 0 Å². The zero-order chi connectivity index (χ0) is 18.0. The lowest BCUT2D eigenvalue weighted by Crippen LogP contribution is -2.51. The van der Waals surface area contributed by atoms with Gasteiger partial charge in [-0.25, -0.2) is 4.79 Å². The van der Waals surface area contributed by atoms with Crippen LogP contribution in [0.15, 0.2) is 24.3 Å². The molecule has 2 aliphatic rings. The van der Waals surface area contributed by atoms with E-state index in [1.807, 2.05) is 24.3 Å². The number of nitrogens with one attached hydrogen (secondary N) is 4. The maximum atomic E-state index is 12.6. The summed E-state index contributed by atoms with van der Waals surface area (Å²) in [6, 6.07) is 6.69. The smallest absolute Gasteiger partial charge is 0.315 e. The van der Waals surface area contributed by atoms with Gasteiger partial charge in [0, 0.05) is 17.1 Å². The highest BCUT2D eigenvalue weighted by Crippen LogP contribution is 2.34. The molecular formula is C18H25ClN4O2. The number of carbonyl (C=O) groups excluding carboxylic acids is 2. The fourth-order valence-corrected chi connectivity index (χ4v) is 3.85. The third kappa shape index (κ3) is 4.44. The Balaban J connectivity index is 1.80. The van der Waals surface area contributed by atoms with Gasteiger partial charge >= 0.3 is 6.03 Å². The molecule has 2 saturated heterocycles. The molecule has 6 nitrogen and oxygen atoms in total. The quantitative estimate of drug-likeness (QED) is 0.659. The molecule has 0 aliphatic carbocycles. The van der Waals surface area contributed by atoms with E-state index in [-0.39, 0.29) is 23.5 Å². The SMILES string of the molecule is CC1(C)CC(C(NC(=O)C2CNC(=O)N2)c2ccc(Cl)cc2)CCN1. The van der Waals surface area contributed by atoms with Crippen LogP contribution < -0.4 is 21.3 Å². The first-order valence-corrected chi connectivity index (χ1v) is 9.07. The largest absolute Gasteiger partial charge is 0.347 e. The molecule has 1 aromatic carbocycles. The van der Waals surface area contributed by atoms with Gasteiger partial charge in [-0.2, -0.15) is 0 Å². The van der Waals surface area contributed by atoms with Gasteiger partial charge in [-0.15, -0.1) is 0 Å². The number of amides is 3. The Morgan fingerprint density at radius 3 is 2.64 bits per heavy atom. The fourth-order valence-electron chi connectivity index (χ4n) is 3.72. The maximum Gasteiger partial charge on any atom is 0.315 e. The minimum Gasteiger partial charge on any atom is -0.347 e. The Bertz CT molecular complexity index is 647. The van der Waals surface area contributed by atoms with Crippen molar-refractivity contribution in [2.24, 2.45) is 5.92 Å². The van der Waals surface area contributed by atoms with Crippen molar-refractivity contribution in [3.8, 4) is 0 Å². The van der Waals surface area contributed by atoms with Gasteiger partial charge in [0.15, 0.2) is 0 Å². The predicted molar refractivity (Wildman–Crippen MR) is 97.5 cm³/mol. The van der Waals surface area contributed by atoms with Crippen LogP contribution in [0.1, 0.15) is 38.3 Å². The molecule has 0 aromatic heterocycles. The summed E-state index contributed by atoms with van der Waals surface area (Å²) in [7, 11) is 0. The highest BCUT2D eigenvalue weighted by atomic mass is 35.5. The number of carbonyl (C=O) groups is 2. The lowest BCUT2D eigenvalue weighted by atomic mass is 9.78. The highest BCUT2D eigenvalue weighted by molar-refractivity contribution is 6.30. The van der Waals surface area contributed by atoms with Crippen LogP contribution in [0, 0.1) is 5.92 Å². The summed E-state index contributed by atoms with van der Waals surface area (Å²) in [5.74, 6) is 0.154. The van der Waals surface area contributed by atoms with Crippen LogP contribution in [0.2, 0.25) is 5.02 Å². The van der Waals surface area contributed by atoms with Gasteiger partial charge in [0.25, 0.3) is 0 Å². The summed E-state index contributed by atoms with van der Waals surface area (Å²) in [6.07, 6.45) is 1.93. The van der Waals surface area contributed by atoms with Gasteiger partial charge in [-0.3, -0.25) is 4.79 Å². The molecule has 25 heavy (non-hydrogen) atoms. The third-order valence-corrected chi connectivity index (χ3v) is 5.23. The van der Waals surface area contributed by atoms with Crippen LogP contribution in [0.3, 0.4) is 0 Å². The van der Waals surface area contributed by atoms with Crippen molar-refractivity contribution < 1.29 is 9.59 Å². The summed E-state index contributed by atoms with van der Waals surface area (Å²) in [6.45, 7) is 5.59. The Kier molecular flexibility index (Phi) is 5.20. The van der Waals surface area contributed by atoms with E-state index in [0.717, 1.165) is 24.9 Å². The van der Waals surface area contributed by atoms with Crippen LogP contribution >= 0.6 is 11.6 Å². The number of piperidine rings is 1.